The summed E-state index contributed by atoms with van der Waals surface area (Å²) < 4.78 is 18.9. The van der Waals surface area contributed by atoms with E-state index in [-0.39, 0.29) is 17.8 Å². The van der Waals surface area contributed by atoms with Crippen molar-refractivity contribution in [2.75, 3.05) is 6.61 Å². The van der Waals surface area contributed by atoms with Gasteiger partial charge in [-0.2, -0.15) is 0 Å². The highest BCUT2D eigenvalue weighted by Gasteiger charge is 2.68. The van der Waals surface area contributed by atoms with Crippen LogP contribution in [0.3, 0.4) is 0 Å². The maximum absolute atomic E-state index is 6.50. The van der Waals surface area contributed by atoms with E-state index in [2.05, 4.69) is 40.7 Å². The van der Waals surface area contributed by atoms with E-state index < -0.39 is 0 Å². The second kappa shape index (κ2) is 9.42. The van der Waals surface area contributed by atoms with Crippen molar-refractivity contribution in [1.82, 2.24) is 0 Å². The molecule has 0 radical (unpaired) electrons. The Morgan fingerprint density at radius 2 is 1.89 bits per heavy atom. The molecule has 0 aromatic rings. The zero-order valence-electron chi connectivity index (χ0n) is 23.3. The van der Waals surface area contributed by atoms with Gasteiger partial charge in [0.2, 0.25) is 0 Å². The summed E-state index contributed by atoms with van der Waals surface area (Å²) in [5, 5.41) is 0. The van der Waals surface area contributed by atoms with Gasteiger partial charge in [0.25, 0.3) is 0 Å². The Bertz CT molecular complexity index is 799. The lowest BCUT2D eigenvalue weighted by Gasteiger charge is -2.57. The summed E-state index contributed by atoms with van der Waals surface area (Å²) in [6, 6.07) is 0. The van der Waals surface area contributed by atoms with E-state index in [0.717, 1.165) is 55.0 Å². The van der Waals surface area contributed by atoms with E-state index in [9.17, 15) is 0 Å². The predicted molar refractivity (Wildman–Crippen MR) is 141 cm³/mol. The fourth-order valence-corrected chi connectivity index (χ4v) is 10.2. The normalized spacial score (nSPS) is 49.5. The Morgan fingerprint density at radius 3 is 2.66 bits per heavy atom. The molecule has 0 bridgehead atoms. The molecule has 4 unspecified atom stereocenters. The van der Waals surface area contributed by atoms with E-state index in [1.54, 1.807) is 5.57 Å². The van der Waals surface area contributed by atoms with Gasteiger partial charge in [-0.05, 0) is 98.7 Å². The van der Waals surface area contributed by atoms with Gasteiger partial charge in [0, 0.05) is 12.0 Å². The highest BCUT2D eigenvalue weighted by molar-refractivity contribution is 5.32. The second-order valence-electron chi connectivity index (χ2n) is 14.4. The third-order valence-corrected chi connectivity index (χ3v) is 12.1. The van der Waals surface area contributed by atoms with Crippen molar-refractivity contribution in [1.29, 1.82) is 0 Å². The molecule has 198 valence electrons. The zero-order chi connectivity index (χ0) is 24.4. The van der Waals surface area contributed by atoms with Crippen LogP contribution in [0, 0.1) is 46.3 Å². The Hall–Kier alpha value is -0.380. The number of ether oxygens (including phenoxy) is 3. The zero-order valence-corrected chi connectivity index (χ0v) is 23.3. The number of hydrogen-bond donors (Lipinski definition) is 0. The average molecular weight is 485 g/mol. The molecule has 3 saturated carbocycles. The van der Waals surface area contributed by atoms with Gasteiger partial charge in [-0.15, -0.1) is 0 Å². The van der Waals surface area contributed by atoms with Crippen molar-refractivity contribution in [3.63, 3.8) is 0 Å². The summed E-state index contributed by atoms with van der Waals surface area (Å²) in [4.78, 5) is 0. The van der Waals surface area contributed by atoms with Crippen LogP contribution in [0.5, 0.6) is 0 Å². The van der Waals surface area contributed by atoms with Gasteiger partial charge in [0.1, 0.15) is 6.10 Å². The molecule has 0 N–H and O–H groups in total. The van der Waals surface area contributed by atoms with Crippen LogP contribution in [-0.4, -0.2) is 31.2 Å². The van der Waals surface area contributed by atoms with Crippen LogP contribution >= 0.6 is 0 Å². The first-order valence-electron chi connectivity index (χ1n) is 15.4. The van der Waals surface area contributed by atoms with Crippen LogP contribution in [0.1, 0.15) is 112 Å². The SMILES string of the molecule is CC(C)CCC[C@@H](C)[C@H]1CCC2C3CC=C4C[C@@H](OC5CCCCO5)[C@@H]5O[C@H]5[C@]4(C)C3CC[C@@]21C. The van der Waals surface area contributed by atoms with Crippen molar-refractivity contribution in [2.24, 2.45) is 46.3 Å². The molecule has 0 spiro atoms. The Balaban J connectivity index is 1.15. The van der Waals surface area contributed by atoms with Crippen LogP contribution in [0.2, 0.25) is 0 Å². The molecule has 2 aliphatic heterocycles. The van der Waals surface area contributed by atoms with Gasteiger partial charge in [0.05, 0.1) is 12.2 Å². The molecule has 0 aromatic carbocycles. The Morgan fingerprint density at radius 1 is 1.03 bits per heavy atom. The first kappa shape index (κ1) is 24.9. The second-order valence-corrected chi connectivity index (χ2v) is 14.4. The molecule has 3 heteroatoms. The van der Waals surface area contributed by atoms with Crippen molar-refractivity contribution < 1.29 is 14.2 Å². The molecule has 5 fully saturated rings. The van der Waals surface area contributed by atoms with E-state index in [1.165, 1.54) is 64.2 Å². The number of allylic oxidation sites excluding steroid dienone is 1. The first-order valence-corrected chi connectivity index (χ1v) is 15.4. The van der Waals surface area contributed by atoms with E-state index in [4.69, 9.17) is 14.2 Å². The summed E-state index contributed by atoms with van der Waals surface area (Å²) in [6.45, 7) is 13.5. The van der Waals surface area contributed by atoms with E-state index in [1.807, 2.05) is 0 Å². The topological polar surface area (TPSA) is 31.0 Å². The molecular formula is C32H52O3. The number of rotatable bonds is 7. The largest absolute Gasteiger partial charge is 0.366 e. The van der Waals surface area contributed by atoms with Gasteiger partial charge >= 0.3 is 0 Å². The monoisotopic (exact) mass is 484 g/mol. The summed E-state index contributed by atoms with van der Waals surface area (Å²) in [5.74, 6) is 5.24. The first-order chi connectivity index (χ1) is 16.8. The minimum absolute atomic E-state index is 0.00627. The van der Waals surface area contributed by atoms with Crippen molar-refractivity contribution in [3.05, 3.63) is 11.6 Å². The average Bonchev–Trinajstić information content (AvgIpc) is 3.57. The molecule has 0 aromatic heterocycles. The van der Waals surface area contributed by atoms with Gasteiger partial charge in [-0.1, -0.05) is 65.5 Å². The fraction of sp³-hybridized carbons (Fsp3) is 0.938. The number of hydrogen-bond acceptors (Lipinski definition) is 3. The smallest absolute Gasteiger partial charge is 0.158 e. The van der Waals surface area contributed by atoms with Crippen molar-refractivity contribution >= 4 is 0 Å². The molecule has 0 amide bonds. The van der Waals surface area contributed by atoms with Gasteiger partial charge in [-0.3, -0.25) is 0 Å². The van der Waals surface area contributed by atoms with Crippen molar-refractivity contribution in [3.8, 4) is 0 Å². The van der Waals surface area contributed by atoms with Gasteiger partial charge in [0.15, 0.2) is 6.29 Å². The molecule has 2 heterocycles. The Labute approximate surface area is 215 Å². The minimum Gasteiger partial charge on any atom is -0.366 e. The van der Waals surface area contributed by atoms with Crippen LogP contribution in [0.25, 0.3) is 0 Å². The molecule has 6 aliphatic rings. The lowest BCUT2D eigenvalue weighted by molar-refractivity contribution is -0.193. The maximum atomic E-state index is 6.50. The Kier molecular flexibility index (Phi) is 6.71. The quantitative estimate of drug-likeness (QED) is 0.271. The van der Waals surface area contributed by atoms with E-state index >= 15 is 0 Å². The summed E-state index contributed by atoms with van der Waals surface area (Å²) in [6.07, 6.45) is 19.4. The summed E-state index contributed by atoms with van der Waals surface area (Å²) in [5.41, 5.74) is 2.46. The minimum atomic E-state index is -0.00627. The summed E-state index contributed by atoms with van der Waals surface area (Å²) >= 11 is 0. The number of fused-ring (bicyclic) bond motifs is 7. The van der Waals surface area contributed by atoms with E-state index in [0.29, 0.717) is 17.6 Å². The summed E-state index contributed by atoms with van der Waals surface area (Å²) in [7, 11) is 0. The predicted octanol–water partition coefficient (Wildman–Crippen LogP) is 7.93. The highest BCUT2D eigenvalue weighted by atomic mass is 16.7. The highest BCUT2D eigenvalue weighted by Crippen LogP contribution is 2.69. The van der Waals surface area contributed by atoms with Crippen LogP contribution in [0.15, 0.2) is 11.6 Å². The van der Waals surface area contributed by atoms with Crippen LogP contribution < -0.4 is 0 Å². The molecule has 11 atom stereocenters. The van der Waals surface area contributed by atoms with Gasteiger partial charge < -0.3 is 14.2 Å². The molecule has 3 nitrogen and oxygen atoms in total. The molecular weight excluding hydrogens is 432 g/mol. The molecule has 6 rings (SSSR count). The van der Waals surface area contributed by atoms with Gasteiger partial charge in [-0.25, -0.2) is 0 Å². The van der Waals surface area contributed by atoms with Crippen LogP contribution in [0.4, 0.5) is 0 Å². The molecule has 2 saturated heterocycles. The lowest BCUT2D eigenvalue weighted by Crippen LogP contribution is -2.54. The number of epoxide rings is 1. The van der Waals surface area contributed by atoms with Crippen LogP contribution in [-0.2, 0) is 14.2 Å². The third kappa shape index (κ3) is 4.19. The third-order valence-electron chi connectivity index (χ3n) is 12.1. The fourth-order valence-electron chi connectivity index (χ4n) is 10.2. The molecule has 4 aliphatic carbocycles. The van der Waals surface area contributed by atoms with Crippen molar-refractivity contribution in [2.45, 2.75) is 136 Å². The lowest BCUT2D eigenvalue weighted by atomic mass is 9.47. The maximum Gasteiger partial charge on any atom is 0.158 e. The standard InChI is InChI=1S/C32H52O3/c1-20(2)9-8-10-21(3)24-14-15-25-23-13-12-22-19-27(34-28-11-6-7-18-33-28)29-30(35-29)32(22,5)26(23)16-17-31(24,25)4/h12,20-21,23-30H,6-11,13-19H2,1-5H3/t21-,23?,24-,25?,26?,27-,28?,29+,30-,31-,32+/m1/s1. The molecule has 35 heavy (non-hydrogen) atoms.